The number of aliphatic hydroxyl groups is 1. The predicted octanol–water partition coefficient (Wildman–Crippen LogP) is 3.99. The van der Waals surface area contributed by atoms with Crippen molar-refractivity contribution in [3.05, 3.63) is 29.3 Å². The van der Waals surface area contributed by atoms with E-state index in [9.17, 15) is 5.11 Å². The lowest BCUT2D eigenvalue weighted by Crippen LogP contribution is -2.12. The molecule has 1 unspecified atom stereocenters. The topological polar surface area (TPSA) is 38.7 Å². The van der Waals surface area contributed by atoms with Gasteiger partial charge in [0.15, 0.2) is 0 Å². The summed E-state index contributed by atoms with van der Waals surface area (Å²) in [6, 6.07) is 5.80. The van der Waals surface area contributed by atoms with Crippen molar-refractivity contribution in [2.45, 2.75) is 64.3 Å². The smallest absolute Gasteiger partial charge is 0.124 e. The van der Waals surface area contributed by atoms with Crippen LogP contribution in [0, 0.1) is 0 Å². The molecular weight excluding hydrogens is 252 g/mol. The van der Waals surface area contributed by atoms with Crippen LogP contribution in [0.2, 0.25) is 0 Å². The van der Waals surface area contributed by atoms with E-state index >= 15 is 0 Å². The third kappa shape index (κ3) is 4.22. The van der Waals surface area contributed by atoms with Gasteiger partial charge in [-0.05, 0) is 37.5 Å². The summed E-state index contributed by atoms with van der Waals surface area (Å²) in [5, 5.41) is 9.68. The van der Waals surface area contributed by atoms with Crippen molar-refractivity contribution in [3.8, 4) is 5.75 Å². The Labute approximate surface area is 121 Å². The molecule has 20 heavy (non-hydrogen) atoms. The van der Waals surface area contributed by atoms with Gasteiger partial charge in [0.2, 0.25) is 0 Å². The molecule has 3 heteroatoms. The molecule has 0 heterocycles. The second-order valence-corrected chi connectivity index (χ2v) is 5.67. The molecule has 1 fully saturated rings. The SMILES string of the molecule is COc1ccc(C(C)O)cc1COC1CCCCCC1. The zero-order valence-electron chi connectivity index (χ0n) is 12.6. The van der Waals surface area contributed by atoms with Crippen LogP contribution in [0.4, 0.5) is 0 Å². The van der Waals surface area contributed by atoms with Crippen molar-refractivity contribution in [1.29, 1.82) is 0 Å². The van der Waals surface area contributed by atoms with Gasteiger partial charge in [-0.2, -0.15) is 0 Å². The molecule has 1 aromatic carbocycles. The summed E-state index contributed by atoms with van der Waals surface area (Å²) in [6.07, 6.45) is 7.46. The number of ether oxygens (including phenoxy) is 2. The van der Waals surface area contributed by atoms with E-state index in [1.54, 1.807) is 14.0 Å². The molecule has 0 spiro atoms. The molecule has 1 atom stereocenters. The molecule has 3 nitrogen and oxygen atoms in total. The Morgan fingerprint density at radius 2 is 1.90 bits per heavy atom. The molecule has 0 saturated heterocycles. The van der Waals surface area contributed by atoms with Crippen LogP contribution in [0.15, 0.2) is 18.2 Å². The molecule has 1 N–H and O–H groups in total. The number of rotatable bonds is 5. The minimum absolute atomic E-state index is 0.373. The summed E-state index contributed by atoms with van der Waals surface area (Å²) in [6.45, 7) is 2.34. The van der Waals surface area contributed by atoms with E-state index < -0.39 is 6.10 Å². The van der Waals surface area contributed by atoms with Crippen LogP contribution in [0.1, 0.15) is 62.7 Å². The summed E-state index contributed by atoms with van der Waals surface area (Å²) in [5.41, 5.74) is 1.93. The van der Waals surface area contributed by atoms with E-state index in [2.05, 4.69) is 0 Å². The maximum atomic E-state index is 9.68. The first-order chi connectivity index (χ1) is 9.70. The second-order valence-electron chi connectivity index (χ2n) is 5.67. The highest BCUT2D eigenvalue weighted by Gasteiger charge is 2.14. The molecule has 0 bridgehead atoms. The summed E-state index contributed by atoms with van der Waals surface area (Å²) in [7, 11) is 1.67. The Balaban J connectivity index is 2.01. The standard InChI is InChI=1S/C17H26O3/c1-13(18)14-9-10-17(19-2)15(11-14)12-20-16-7-5-3-4-6-8-16/h9-11,13,16,18H,3-8,12H2,1-2H3. The summed E-state index contributed by atoms with van der Waals surface area (Å²) in [5.74, 6) is 0.836. The van der Waals surface area contributed by atoms with Gasteiger partial charge in [0.1, 0.15) is 5.75 Å². The van der Waals surface area contributed by atoms with E-state index in [0.29, 0.717) is 12.7 Å². The van der Waals surface area contributed by atoms with E-state index in [1.165, 1.54) is 38.5 Å². The van der Waals surface area contributed by atoms with Gasteiger partial charge >= 0.3 is 0 Å². The molecule has 0 amide bonds. The molecular formula is C17H26O3. The normalized spacial score (nSPS) is 18.6. The highest BCUT2D eigenvalue weighted by atomic mass is 16.5. The lowest BCUT2D eigenvalue weighted by molar-refractivity contribution is 0.0299. The molecule has 2 rings (SSSR count). The van der Waals surface area contributed by atoms with Gasteiger partial charge in [-0.1, -0.05) is 31.7 Å². The summed E-state index contributed by atoms with van der Waals surface area (Å²) < 4.78 is 11.4. The van der Waals surface area contributed by atoms with E-state index in [-0.39, 0.29) is 0 Å². The Bertz CT molecular complexity index is 407. The third-order valence-electron chi connectivity index (χ3n) is 4.06. The van der Waals surface area contributed by atoms with Gasteiger partial charge in [-0.25, -0.2) is 0 Å². The molecule has 1 aliphatic rings. The number of aliphatic hydroxyl groups excluding tert-OH is 1. The maximum absolute atomic E-state index is 9.68. The Kier molecular flexibility index (Phi) is 5.86. The van der Waals surface area contributed by atoms with Gasteiger partial charge in [-0.15, -0.1) is 0 Å². The van der Waals surface area contributed by atoms with Crippen molar-refractivity contribution in [1.82, 2.24) is 0 Å². The molecule has 112 valence electrons. The van der Waals surface area contributed by atoms with Crippen LogP contribution >= 0.6 is 0 Å². The fourth-order valence-corrected chi connectivity index (χ4v) is 2.79. The highest BCUT2D eigenvalue weighted by Crippen LogP contribution is 2.26. The number of hydrogen-bond donors (Lipinski definition) is 1. The highest BCUT2D eigenvalue weighted by molar-refractivity contribution is 5.37. The van der Waals surface area contributed by atoms with E-state index in [0.717, 1.165) is 16.9 Å². The van der Waals surface area contributed by atoms with Crippen molar-refractivity contribution in [2.24, 2.45) is 0 Å². The van der Waals surface area contributed by atoms with Crippen LogP contribution in [-0.2, 0) is 11.3 Å². The van der Waals surface area contributed by atoms with Gasteiger partial charge in [0, 0.05) is 5.56 Å². The summed E-state index contributed by atoms with van der Waals surface area (Å²) >= 11 is 0. The predicted molar refractivity (Wildman–Crippen MR) is 79.9 cm³/mol. The minimum atomic E-state index is -0.461. The Morgan fingerprint density at radius 1 is 1.20 bits per heavy atom. The minimum Gasteiger partial charge on any atom is -0.496 e. The van der Waals surface area contributed by atoms with Crippen LogP contribution in [0.25, 0.3) is 0 Å². The lowest BCUT2D eigenvalue weighted by Gasteiger charge is -2.17. The van der Waals surface area contributed by atoms with Crippen molar-refractivity contribution < 1.29 is 14.6 Å². The van der Waals surface area contributed by atoms with E-state index in [1.807, 2.05) is 18.2 Å². The molecule has 0 aromatic heterocycles. The van der Waals surface area contributed by atoms with Crippen LogP contribution < -0.4 is 4.74 Å². The monoisotopic (exact) mass is 278 g/mol. The zero-order valence-corrected chi connectivity index (χ0v) is 12.6. The number of hydrogen-bond acceptors (Lipinski definition) is 3. The average molecular weight is 278 g/mol. The molecule has 1 aromatic rings. The Morgan fingerprint density at radius 3 is 2.50 bits per heavy atom. The molecule has 1 saturated carbocycles. The van der Waals surface area contributed by atoms with Gasteiger partial charge in [0.25, 0.3) is 0 Å². The Hall–Kier alpha value is -1.06. The quantitative estimate of drug-likeness (QED) is 0.828. The van der Waals surface area contributed by atoms with Crippen LogP contribution in [-0.4, -0.2) is 18.3 Å². The van der Waals surface area contributed by atoms with Crippen LogP contribution in [0.5, 0.6) is 5.75 Å². The fraction of sp³-hybridized carbons (Fsp3) is 0.647. The van der Waals surface area contributed by atoms with Gasteiger partial charge in [-0.3, -0.25) is 0 Å². The maximum Gasteiger partial charge on any atom is 0.124 e. The first-order valence-electron chi connectivity index (χ1n) is 7.67. The number of benzene rings is 1. The first-order valence-corrected chi connectivity index (χ1v) is 7.67. The van der Waals surface area contributed by atoms with Crippen molar-refractivity contribution in [2.75, 3.05) is 7.11 Å². The fourth-order valence-electron chi connectivity index (χ4n) is 2.79. The third-order valence-corrected chi connectivity index (χ3v) is 4.06. The van der Waals surface area contributed by atoms with Crippen molar-refractivity contribution >= 4 is 0 Å². The average Bonchev–Trinajstić information content (AvgIpc) is 2.73. The van der Waals surface area contributed by atoms with E-state index in [4.69, 9.17) is 9.47 Å². The second kappa shape index (κ2) is 7.65. The van der Waals surface area contributed by atoms with Crippen LogP contribution in [0.3, 0.4) is 0 Å². The first kappa shape index (κ1) is 15.3. The van der Waals surface area contributed by atoms with Gasteiger partial charge < -0.3 is 14.6 Å². The molecule has 0 aliphatic heterocycles. The van der Waals surface area contributed by atoms with Crippen molar-refractivity contribution in [3.63, 3.8) is 0 Å². The van der Waals surface area contributed by atoms with Gasteiger partial charge in [0.05, 0.1) is 25.9 Å². The number of methoxy groups -OCH3 is 1. The molecule has 0 radical (unpaired) electrons. The largest absolute Gasteiger partial charge is 0.496 e. The zero-order chi connectivity index (χ0) is 14.4. The summed E-state index contributed by atoms with van der Waals surface area (Å²) in [4.78, 5) is 0. The lowest BCUT2D eigenvalue weighted by atomic mass is 10.1. The molecule has 1 aliphatic carbocycles.